The average molecular weight is 589 g/mol. The van der Waals surface area contributed by atoms with Gasteiger partial charge in [-0.05, 0) is 69.8 Å². The summed E-state index contributed by atoms with van der Waals surface area (Å²) in [6, 6.07) is 8.57. The summed E-state index contributed by atoms with van der Waals surface area (Å²) >= 11 is 12.8. The van der Waals surface area contributed by atoms with E-state index in [-0.39, 0.29) is 29.6 Å². The molecule has 2 saturated heterocycles. The zero-order valence-electron chi connectivity index (χ0n) is 22.4. The van der Waals surface area contributed by atoms with E-state index in [9.17, 15) is 14.9 Å². The summed E-state index contributed by atoms with van der Waals surface area (Å²) in [5, 5.41) is 12.0. The predicted octanol–water partition coefficient (Wildman–Crippen LogP) is 5.84. The Balaban J connectivity index is 0.00000370. The summed E-state index contributed by atoms with van der Waals surface area (Å²) in [5.41, 5.74) is 8.42. The number of likely N-dealkylation sites (tertiary alicyclic amines) is 2. The van der Waals surface area contributed by atoms with Crippen molar-refractivity contribution in [2.75, 3.05) is 31.9 Å². The van der Waals surface area contributed by atoms with E-state index in [0.717, 1.165) is 50.1 Å². The maximum atomic E-state index is 14.0. The number of nitrogens with zero attached hydrogens (tertiary/aromatic N) is 5. The van der Waals surface area contributed by atoms with Crippen molar-refractivity contribution in [2.45, 2.75) is 51.1 Å². The molecule has 0 radical (unpaired) electrons. The minimum absolute atomic E-state index is 0. The molecule has 4 heterocycles. The smallest absolute Gasteiger partial charge is 0.311 e. The van der Waals surface area contributed by atoms with Crippen LogP contribution in [0.4, 0.5) is 11.5 Å². The van der Waals surface area contributed by atoms with Crippen LogP contribution in [0, 0.1) is 10.1 Å². The van der Waals surface area contributed by atoms with E-state index in [1.165, 1.54) is 18.9 Å². The molecule has 2 aliphatic heterocycles. The Morgan fingerprint density at radius 2 is 1.85 bits per heavy atom. The predicted molar refractivity (Wildman–Crippen MR) is 158 cm³/mol. The summed E-state index contributed by atoms with van der Waals surface area (Å²) < 4.78 is 2.01. The van der Waals surface area contributed by atoms with Crippen LogP contribution in [0.15, 0.2) is 42.7 Å². The van der Waals surface area contributed by atoms with E-state index in [1.54, 1.807) is 18.2 Å². The standard InChI is InChI=1S/C28H32Cl2N6O3.H3N/c29-19-7-9-22(25(30)15-19)23-17-34(13-3-5-20-8-10-26(36(38)39)27(31)32-20)18-24(23)28(37)35-14-4-6-21(35)16-33-11-1-2-12-33;/h7-10,15,17-18,21H,1-6,11-14,16H2,(H2,31,32);1H3/t21-;/m0./s1. The Hall–Kier alpha value is -3.18. The zero-order chi connectivity index (χ0) is 27.5. The molecule has 10 nitrogen and oxygen atoms in total. The van der Waals surface area contributed by atoms with Crippen LogP contribution >= 0.6 is 23.2 Å². The van der Waals surface area contributed by atoms with Crippen LogP contribution in [0.5, 0.6) is 0 Å². The number of hydrogen-bond donors (Lipinski definition) is 2. The van der Waals surface area contributed by atoms with Crippen LogP contribution < -0.4 is 11.9 Å². The van der Waals surface area contributed by atoms with Crippen molar-refractivity contribution in [3.8, 4) is 11.1 Å². The molecule has 0 spiro atoms. The molecule has 2 fully saturated rings. The van der Waals surface area contributed by atoms with E-state index in [4.69, 9.17) is 28.9 Å². The van der Waals surface area contributed by atoms with Crippen LogP contribution in [0.1, 0.15) is 48.2 Å². The molecule has 3 aromatic rings. The maximum absolute atomic E-state index is 14.0. The van der Waals surface area contributed by atoms with E-state index in [0.29, 0.717) is 40.7 Å². The molecule has 0 saturated carbocycles. The summed E-state index contributed by atoms with van der Waals surface area (Å²) in [6.45, 7) is 4.52. The number of carbonyl (C=O) groups excluding carboxylic acids is 1. The first kappa shape index (κ1) is 29.8. The number of amides is 1. The van der Waals surface area contributed by atoms with Crippen molar-refractivity contribution < 1.29 is 9.72 Å². The molecule has 1 atom stereocenters. The molecule has 2 aromatic heterocycles. The van der Waals surface area contributed by atoms with Crippen LogP contribution in [-0.2, 0) is 13.0 Å². The zero-order valence-corrected chi connectivity index (χ0v) is 23.9. The lowest BCUT2D eigenvalue weighted by molar-refractivity contribution is -0.384. The van der Waals surface area contributed by atoms with Gasteiger partial charge in [-0.3, -0.25) is 14.9 Å². The fraction of sp³-hybridized carbons (Fsp3) is 0.429. The molecule has 0 aliphatic carbocycles. The lowest BCUT2D eigenvalue weighted by atomic mass is 10.0. The molecule has 2 aliphatic rings. The number of nitrogens with two attached hydrogens (primary N) is 1. The van der Waals surface area contributed by atoms with Crippen molar-refractivity contribution in [3.63, 3.8) is 0 Å². The van der Waals surface area contributed by atoms with Crippen molar-refractivity contribution >= 4 is 40.6 Å². The Bertz CT molecular complexity index is 1370. The number of rotatable bonds is 9. The quantitative estimate of drug-likeness (QED) is 0.236. The minimum Gasteiger partial charge on any atom is -0.378 e. The fourth-order valence-corrected chi connectivity index (χ4v) is 6.20. The topological polar surface area (TPSA) is 146 Å². The summed E-state index contributed by atoms with van der Waals surface area (Å²) in [5.74, 6) is -0.0543. The number of carbonyl (C=O) groups is 1. The third-order valence-electron chi connectivity index (χ3n) is 7.64. The van der Waals surface area contributed by atoms with Gasteiger partial charge in [0.05, 0.1) is 10.5 Å². The molecule has 1 amide bonds. The third-order valence-corrected chi connectivity index (χ3v) is 8.19. The molecule has 5 rings (SSSR count). The van der Waals surface area contributed by atoms with Gasteiger partial charge < -0.3 is 26.3 Å². The number of nitro groups is 1. The first-order chi connectivity index (χ1) is 18.8. The van der Waals surface area contributed by atoms with Gasteiger partial charge in [0.1, 0.15) is 0 Å². The van der Waals surface area contributed by atoms with Gasteiger partial charge in [0, 0.05) is 71.0 Å². The second kappa shape index (κ2) is 13.0. The first-order valence-electron chi connectivity index (χ1n) is 13.4. The highest BCUT2D eigenvalue weighted by atomic mass is 35.5. The highest BCUT2D eigenvalue weighted by molar-refractivity contribution is 6.36. The van der Waals surface area contributed by atoms with Crippen molar-refractivity contribution in [1.82, 2.24) is 25.5 Å². The van der Waals surface area contributed by atoms with Gasteiger partial charge in [0.25, 0.3) is 5.91 Å². The number of pyridine rings is 1. The summed E-state index contributed by atoms with van der Waals surface area (Å²) in [7, 11) is 0. The molecule has 40 heavy (non-hydrogen) atoms. The Labute approximate surface area is 243 Å². The molecule has 0 bridgehead atoms. The molecule has 5 N–H and O–H groups in total. The highest BCUT2D eigenvalue weighted by Gasteiger charge is 2.33. The van der Waals surface area contributed by atoms with Crippen molar-refractivity contribution in [1.29, 1.82) is 0 Å². The van der Waals surface area contributed by atoms with Crippen molar-refractivity contribution in [2.24, 2.45) is 0 Å². The lowest BCUT2D eigenvalue weighted by Crippen LogP contribution is -2.42. The van der Waals surface area contributed by atoms with Crippen LogP contribution in [-0.4, -0.2) is 62.4 Å². The van der Waals surface area contributed by atoms with Gasteiger partial charge in [-0.25, -0.2) is 4.98 Å². The first-order valence-corrected chi connectivity index (χ1v) is 14.1. The van der Waals surface area contributed by atoms with Gasteiger partial charge in [0.2, 0.25) is 5.82 Å². The van der Waals surface area contributed by atoms with Crippen LogP contribution in [0.2, 0.25) is 10.0 Å². The number of aryl methyl sites for hydroxylation is 2. The van der Waals surface area contributed by atoms with Crippen LogP contribution in [0.25, 0.3) is 11.1 Å². The Morgan fingerprint density at radius 1 is 1.07 bits per heavy atom. The minimum atomic E-state index is -0.538. The van der Waals surface area contributed by atoms with Crippen molar-refractivity contribution in [3.05, 3.63) is 74.1 Å². The monoisotopic (exact) mass is 587 g/mol. The number of nitrogen functional groups attached to an aromatic ring is 1. The number of benzene rings is 1. The highest BCUT2D eigenvalue weighted by Crippen LogP contribution is 2.35. The number of hydrogen-bond acceptors (Lipinski definition) is 7. The Kier molecular flexibility index (Phi) is 9.68. The molecular formula is C28H35Cl2N7O3. The van der Waals surface area contributed by atoms with E-state index in [1.807, 2.05) is 27.9 Å². The molecule has 1 aromatic carbocycles. The average Bonchev–Trinajstić information content (AvgIpc) is 3.66. The fourth-order valence-electron chi connectivity index (χ4n) is 5.69. The van der Waals surface area contributed by atoms with Gasteiger partial charge in [-0.2, -0.15) is 0 Å². The third kappa shape index (κ3) is 6.58. The second-order valence-corrected chi connectivity index (χ2v) is 11.2. The molecular weight excluding hydrogens is 553 g/mol. The van der Waals surface area contributed by atoms with Gasteiger partial charge in [0.15, 0.2) is 0 Å². The SMILES string of the molecule is N.Nc1nc(CCCn2cc(C(=O)N3CCC[C@H]3CN3CCCC3)c(-c3ccc(Cl)cc3Cl)c2)ccc1[N+](=O)[O-]. The van der Waals surface area contributed by atoms with Gasteiger partial charge in [-0.15, -0.1) is 0 Å². The number of anilines is 1. The summed E-state index contributed by atoms with van der Waals surface area (Å²) in [6.07, 6.45) is 9.65. The summed E-state index contributed by atoms with van der Waals surface area (Å²) in [4.78, 5) is 33.1. The molecule has 0 unspecified atom stereocenters. The van der Waals surface area contributed by atoms with Crippen LogP contribution in [0.3, 0.4) is 0 Å². The van der Waals surface area contributed by atoms with E-state index in [2.05, 4.69) is 9.88 Å². The maximum Gasteiger partial charge on any atom is 0.311 e. The molecule has 12 heteroatoms. The Morgan fingerprint density at radius 3 is 2.55 bits per heavy atom. The number of halogens is 2. The van der Waals surface area contributed by atoms with Gasteiger partial charge >= 0.3 is 5.69 Å². The largest absolute Gasteiger partial charge is 0.378 e. The normalized spacial score (nSPS) is 17.2. The number of aromatic nitrogens is 2. The molecule has 214 valence electrons. The van der Waals surface area contributed by atoms with Gasteiger partial charge in [-0.1, -0.05) is 29.3 Å². The second-order valence-electron chi connectivity index (χ2n) is 10.3. The van der Waals surface area contributed by atoms with E-state index >= 15 is 0 Å². The van der Waals surface area contributed by atoms with E-state index < -0.39 is 4.92 Å². The lowest BCUT2D eigenvalue weighted by Gasteiger charge is -2.28.